The van der Waals surface area contributed by atoms with Crippen molar-refractivity contribution in [1.82, 2.24) is 4.98 Å². The Hall–Kier alpha value is -2.14. The van der Waals surface area contributed by atoms with Crippen LogP contribution >= 0.6 is 11.3 Å². The van der Waals surface area contributed by atoms with Crippen LogP contribution in [0.3, 0.4) is 0 Å². The smallest absolute Gasteiger partial charge is 0.188 e. The van der Waals surface area contributed by atoms with Crippen molar-refractivity contribution in [3.63, 3.8) is 0 Å². The molecule has 0 aliphatic carbocycles. The van der Waals surface area contributed by atoms with E-state index >= 15 is 0 Å². The number of thiazole rings is 1. The Bertz CT molecular complexity index is 770. The molecule has 0 aliphatic rings. The molecule has 1 N–H and O–H groups in total. The fourth-order valence-corrected chi connectivity index (χ4v) is 2.84. The highest BCUT2D eigenvalue weighted by Gasteiger charge is 2.08. The van der Waals surface area contributed by atoms with Gasteiger partial charge in [0.2, 0.25) is 0 Å². The summed E-state index contributed by atoms with van der Waals surface area (Å²) in [6.07, 6.45) is 0. The molecule has 3 nitrogen and oxygen atoms in total. The number of hydrogen-bond donors (Lipinski definition) is 1. The molecule has 3 rings (SSSR count). The SMILES string of the molecule is COc1ccc2nc(Nc3cc(C)ccc3F)sc2c1. The van der Waals surface area contributed by atoms with Gasteiger partial charge in [-0.15, -0.1) is 0 Å². The van der Waals surface area contributed by atoms with Crippen LogP contribution in [0, 0.1) is 12.7 Å². The minimum absolute atomic E-state index is 0.285. The van der Waals surface area contributed by atoms with Crippen molar-refractivity contribution in [2.75, 3.05) is 12.4 Å². The zero-order valence-corrected chi connectivity index (χ0v) is 11.9. The monoisotopic (exact) mass is 288 g/mol. The van der Waals surface area contributed by atoms with Gasteiger partial charge in [-0.25, -0.2) is 9.37 Å². The zero-order chi connectivity index (χ0) is 14.1. The van der Waals surface area contributed by atoms with Crippen LogP contribution in [0.2, 0.25) is 0 Å². The van der Waals surface area contributed by atoms with E-state index in [1.807, 2.05) is 25.1 Å². The van der Waals surface area contributed by atoms with Gasteiger partial charge >= 0.3 is 0 Å². The highest BCUT2D eigenvalue weighted by Crippen LogP contribution is 2.31. The Balaban J connectivity index is 1.96. The summed E-state index contributed by atoms with van der Waals surface area (Å²) in [6, 6.07) is 10.6. The summed E-state index contributed by atoms with van der Waals surface area (Å²) in [5, 5.41) is 3.70. The number of aryl methyl sites for hydroxylation is 1. The van der Waals surface area contributed by atoms with Crippen molar-refractivity contribution in [2.45, 2.75) is 6.92 Å². The Kier molecular flexibility index (Phi) is 3.28. The van der Waals surface area contributed by atoms with Crippen LogP contribution in [-0.4, -0.2) is 12.1 Å². The number of nitrogens with one attached hydrogen (secondary N) is 1. The Morgan fingerprint density at radius 2 is 2.05 bits per heavy atom. The lowest BCUT2D eigenvalue weighted by molar-refractivity contribution is 0.415. The Morgan fingerprint density at radius 3 is 2.85 bits per heavy atom. The molecule has 0 radical (unpaired) electrons. The number of fused-ring (bicyclic) bond motifs is 1. The van der Waals surface area contributed by atoms with E-state index in [4.69, 9.17) is 4.74 Å². The number of ether oxygens (including phenoxy) is 1. The maximum Gasteiger partial charge on any atom is 0.188 e. The van der Waals surface area contributed by atoms with Crippen LogP contribution in [0.4, 0.5) is 15.2 Å². The lowest BCUT2D eigenvalue weighted by atomic mass is 10.2. The first-order chi connectivity index (χ1) is 9.65. The lowest BCUT2D eigenvalue weighted by Crippen LogP contribution is -1.93. The molecule has 0 unspecified atom stereocenters. The third-order valence-corrected chi connectivity index (χ3v) is 3.89. The number of hydrogen-bond acceptors (Lipinski definition) is 4. The molecule has 0 saturated carbocycles. The predicted molar refractivity (Wildman–Crippen MR) is 80.6 cm³/mol. The summed E-state index contributed by atoms with van der Waals surface area (Å²) < 4.78 is 19.9. The molecule has 0 bridgehead atoms. The standard InChI is InChI=1S/C15H13FN2OS/c1-9-3-5-11(16)13(7-9)18-15-17-12-6-4-10(19-2)8-14(12)20-15/h3-8H,1-2H3,(H,17,18). The van der Waals surface area contributed by atoms with Gasteiger partial charge in [-0.05, 0) is 42.8 Å². The van der Waals surface area contributed by atoms with Crippen molar-refractivity contribution in [3.8, 4) is 5.75 Å². The van der Waals surface area contributed by atoms with E-state index < -0.39 is 0 Å². The minimum atomic E-state index is -0.285. The van der Waals surface area contributed by atoms with Gasteiger partial charge in [0.15, 0.2) is 5.13 Å². The molecule has 1 aromatic heterocycles. The number of anilines is 2. The Morgan fingerprint density at radius 1 is 1.20 bits per heavy atom. The van der Waals surface area contributed by atoms with Crippen LogP contribution in [0.15, 0.2) is 36.4 Å². The second-order valence-electron chi connectivity index (χ2n) is 4.46. The predicted octanol–water partition coefficient (Wildman–Crippen LogP) is 4.50. The highest BCUT2D eigenvalue weighted by atomic mass is 32.1. The van der Waals surface area contributed by atoms with Crippen molar-refractivity contribution in [3.05, 3.63) is 47.8 Å². The summed E-state index contributed by atoms with van der Waals surface area (Å²) in [5.41, 5.74) is 2.30. The van der Waals surface area contributed by atoms with E-state index in [1.54, 1.807) is 19.2 Å². The number of methoxy groups -OCH3 is 1. The normalized spacial score (nSPS) is 10.8. The van der Waals surface area contributed by atoms with Crippen LogP contribution in [0.5, 0.6) is 5.75 Å². The number of rotatable bonds is 3. The van der Waals surface area contributed by atoms with Crippen LogP contribution in [-0.2, 0) is 0 Å². The fourth-order valence-electron chi connectivity index (χ4n) is 1.94. The highest BCUT2D eigenvalue weighted by molar-refractivity contribution is 7.22. The van der Waals surface area contributed by atoms with E-state index in [2.05, 4.69) is 10.3 Å². The van der Waals surface area contributed by atoms with E-state index in [-0.39, 0.29) is 5.82 Å². The van der Waals surface area contributed by atoms with Gasteiger partial charge in [-0.2, -0.15) is 0 Å². The second-order valence-corrected chi connectivity index (χ2v) is 5.49. The van der Waals surface area contributed by atoms with Crippen molar-refractivity contribution < 1.29 is 9.13 Å². The van der Waals surface area contributed by atoms with E-state index in [9.17, 15) is 4.39 Å². The molecule has 20 heavy (non-hydrogen) atoms. The molecule has 0 fully saturated rings. The zero-order valence-electron chi connectivity index (χ0n) is 11.1. The summed E-state index contributed by atoms with van der Waals surface area (Å²) >= 11 is 1.47. The van der Waals surface area contributed by atoms with Crippen LogP contribution in [0.25, 0.3) is 10.2 Å². The summed E-state index contributed by atoms with van der Waals surface area (Å²) in [6.45, 7) is 1.92. The molecule has 5 heteroatoms. The van der Waals surface area contributed by atoms with Gasteiger partial charge in [0.1, 0.15) is 11.6 Å². The number of aromatic nitrogens is 1. The van der Waals surface area contributed by atoms with Crippen molar-refractivity contribution in [2.24, 2.45) is 0 Å². The van der Waals surface area contributed by atoms with Crippen molar-refractivity contribution >= 4 is 32.4 Å². The fraction of sp³-hybridized carbons (Fsp3) is 0.133. The van der Waals surface area contributed by atoms with Gasteiger partial charge in [-0.3, -0.25) is 0 Å². The van der Waals surface area contributed by atoms with Gasteiger partial charge in [0.25, 0.3) is 0 Å². The summed E-state index contributed by atoms with van der Waals surface area (Å²) in [7, 11) is 1.63. The number of halogens is 1. The molecule has 1 heterocycles. The molecule has 0 saturated heterocycles. The quantitative estimate of drug-likeness (QED) is 0.770. The second kappa shape index (κ2) is 5.09. The molecule has 3 aromatic rings. The minimum Gasteiger partial charge on any atom is -0.497 e. The summed E-state index contributed by atoms with van der Waals surface area (Å²) in [4.78, 5) is 4.44. The van der Waals surface area contributed by atoms with Crippen LogP contribution < -0.4 is 10.1 Å². The van der Waals surface area contributed by atoms with Gasteiger partial charge in [-0.1, -0.05) is 17.4 Å². The molecule has 0 atom stereocenters. The maximum atomic E-state index is 13.7. The molecular formula is C15H13FN2OS. The first-order valence-electron chi connectivity index (χ1n) is 6.13. The van der Waals surface area contributed by atoms with Gasteiger partial charge < -0.3 is 10.1 Å². The van der Waals surface area contributed by atoms with E-state index in [0.29, 0.717) is 10.8 Å². The number of benzene rings is 2. The largest absolute Gasteiger partial charge is 0.497 e. The molecule has 2 aromatic carbocycles. The third-order valence-electron chi connectivity index (χ3n) is 2.96. The van der Waals surface area contributed by atoms with Crippen LogP contribution in [0.1, 0.15) is 5.56 Å². The molecule has 0 amide bonds. The first-order valence-corrected chi connectivity index (χ1v) is 6.95. The molecular weight excluding hydrogens is 275 g/mol. The average Bonchev–Trinajstić information content (AvgIpc) is 2.84. The number of nitrogens with zero attached hydrogens (tertiary/aromatic N) is 1. The maximum absolute atomic E-state index is 13.7. The molecule has 102 valence electrons. The average molecular weight is 288 g/mol. The third kappa shape index (κ3) is 2.44. The van der Waals surface area contributed by atoms with Gasteiger partial charge in [0.05, 0.1) is 23.0 Å². The van der Waals surface area contributed by atoms with Crippen molar-refractivity contribution in [1.29, 1.82) is 0 Å². The van der Waals surface area contributed by atoms with E-state index in [1.165, 1.54) is 17.4 Å². The molecule has 0 aliphatic heterocycles. The van der Waals surface area contributed by atoms with E-state index in [0.717, 1.165) is 21.5 Å². The lowest BCUT2D eigenvalue weighted by Gasteiger charge is -2.04. The molecule has 0 spiro atoms. The summed E-state index contributed by atoms with van der Waals surface area (Å²) in [5.74, 6) is 0.502. The first kappa shape index (κ1) is 12.9. The Labute approximate surface area is 120 Å². The van der Waals surface area contributed by atoms with Gasteiger partial charge in [0, 0.05) is 0 Å². The topological polar surface area (TPSA) is 34.1 Å².